The highest BCUT2D eigenvalue weighted by Gasteiger charge is 2.31. The molecule has 1 saturated heterocycles. The van der Waals surface area contributed by atoms with Gasteiger partial charge in [-0.25, -0.2) is 0 Å². The van der Waals surface area contributed by atoms with E-state index in [0.717, 1.165) is 5.69 Å². The lowest BCUT2D eigenvalue weighted by Gasteiger charge is -2.14. The first-order valence-corrected chi connectivity index (χ1v) is 9.00. The van der Waals surface area contributed by atoms with Crippen LogP contribution in [-0.4, -0.2) is 27.6 Å². The molecule has 5 nitrogen and oxygen atoms in total. The Kier molecular flexibility index (Phi) is 5.67. The zero-order valence-corrected chi connectivity index (χ0v) is 14.9. The standard InChI is InChI=1S/C18H16N2O3S2/c21-16(19-13-6-2-1-3-7-13)9-4-10-20-17(22)15(25-18(20)24)12-14-8-5-11-23-14/h1-3,5-8,11-12H,4,9-10H2,(H,19,21)/b15-12-. The van der Waals surface area contributed by atoms with Crippen molar-refractivity contribution >= 4 is 51.9 Å². The van der Waals surface area contributed by atoms with Crippen LogP contribution in [0.5, 0.6) is 0 Å². The fraction of sp³-hybridized carbons (Fsp3) is 0.167. The number of anilines is 1. The second kappa shape index (κ2) is 8.13. The molecule has 1 N–H and O–H groups in total. The monoisotopic (exact) mass is 372 g/mol. The molecule has 1 aliphatic heterocycles. The molecule has 3 rings (SSSR count). The first kappa shape index (κ1) is 17.4. The number of thioether (sulfide) groups is 1. The van der Waals surface area contributed by atoms with Gasteiger partial charge in [-0.2, -0.15) is 0 Å². The van der Waals surface area contributed by atoms with Gasteiger partial charge < -0.3 is 9.73 Å². The third kappa shape index (κ3) is 4.58. The van der Waals surface area contributed by atoms with Gasteiger partial charge in [-0.3, -0.25) is 14.5 Å². The smallest absolute Gasteiger partial charge is 0.266 e. The summed E-state index contributed by atoms with van der Waals surface area (Å²) in [6.07, 6.45) is 4.10. The van der Waals surface area contributed by atoms with Crippen LogP contribution in [0.3, 0.4) is 0 Å². The Labute approximate surface area is 155 Å². The van der Waals surface area contributed by atoms with E-state index in [1.165, 1.54) is 16.7 Å². The summed E-state index contributed by atoms with van der Waals surface area (Å²) >= 11 is 6.52. The number of rotatable bonds is 6. The minimum absolute atomic E-state index is 0.0808. The number of hydrogen-bond acceptors (Lipinski definition) is 5. The second-order valence-electron chi connectivity index (χ2n) is 5.37. The molecule has 1 fully saturated rings. The largest absolute Gasteiger partial charge is 0.465 e. The number of thiocarbonyl (C=S) groups is 1. The van der Waals surface area contributed by atoms with Gasteiger partial charge in [0.05, 0.1) is 11.2 Å². The van der Waals surface area contributed by atoms with Gasteiger partial charge in [0.2, 0.25) is 5.91 Å². The lowest BCUT2D eigenvalue weighted by molar-refractivity contribution is -0.122. The first-order valence-electron chi connectivity index (χ1n) is 7.77. The Morgan fingerprint density at radius 2 is 2.04 bits per heavy atom. The predicted molar refractivity (Wildman–Crippen MR) is 103 cm³/mol. The molecule has 1 aliphatic rings. The summed E-state index contributed by atoms with van der Waals surface area (Å²) in [4.78, 5) is 26.4. The van der Waals surface area contributed by atoms with Gasteiger partial charge >= 0.3 is 0 Å². The number of benzene rings is 1. The molecule has 0 radical (unpaired) electrons. The minimum atomic E-state index is -0.144. The topological polar surface area (TPSA) is 62.6 Å². The summed E-state index contributed by atoms with van der Waals surface area (Å²) in [5, 5.41) is 2.82. The number of para-hydroxylation sites is 1. The number of nitrogens with one attached hydrogen (secondary N) is 1. The quantitative estimate of drug-likeness (QED) is 0.615. The van der Waals surface area contributed by atoms with Crippen LogP contribution in [-0.2, 0) is 9.59 Å². The number of hydrogen-bond donors (Lipinski definition) is 1. The van der Waals surface area contributed by atoms with Gasteiger partial charge in [-0.1, -0.05) is 42.2 Å². The molecule has 0 atom stereocenters. The van der Waals surface area contributed by atoms with Crippen molar-refractivity contribution in [3.8, 4) is 0 Å². The molecule has 2 heterocycles. The van der Waals surface area contributed by atoms with E-state index in [1.807, 2.05) is 30.3 Å². The number of nitrogens with zero attached hydrogens (tertiary/aromatic N) is 1. The minimum Gasteiger partial charge on any atom is -0.465 e. The fourth-order valence-electron chi connectivity index (χ4n) is 2.34. The van der Waals surface area contributed by atoms with Crippen molar-refractivity contribution in [3.63, 3.8) is 0 Å². The van der Waals surface area contributed by atoms with E-state index >= 15 is 0 Å². The summed E-state index contributed by atoms with van der Waals surface area (Å²) in [6, 6.07) is 12.8. The normalized spacial score (nSPS) is 15.8. The molecule has 0 bridgehead atoms. The first-order chi connectivity index (χ1) is 12.1. The SMILES string of the molecule is O=C(CCCN1C(=O)/C(=C/c2ccco2)SC1=S)Nc1ccccc1. The van der Waals surface area contributed by atoms with Gasteiger partial charge in [0.25, 0.3) is 5.91 Å². The van der Waals surface area contributed by atoms with Crippen LogP contribution in [0, 0.1) is 0 Å². The molecule has 1 aromatic heterocycles. The van der Waals surface area contributed by atoms with Crippen molar-refractivity contribution < 1.29 is 14.0 Å². The Bertz CT molecular complexity index is 801. The number of carbonyl (C=O) groups is 2. The van der Waals surface area contributed by atoms with Crippen molar-refractivity contribution in [3.05, 3.63) is 59.4 Å². The fourth-order valence-corrected chi connectivity index (χ4v) is 3.63. The molecule has 0 aliphatic carbocycles. The molecule has 0 unspecified atom stereocenters. The number of carbonyl (C=O) groups excluding carboxylic acids is 2. The summed E-state index contributed by atoms with van der Waals surface area (Å²) in [6.45, 7) is 0.419. The Hall–Kier alpha value is -2.38. The predicted octanol–water partition coefficient (Wildman–Crippen LogP) is 3.90. The van der Waals surface area contributed by atoms with Crippen molar-refractivity contribution in [2.75, 3.05) is 11.9 Å². The van der Waals surface area contributed by atoms with Crippen molar-refractivity contribution in [1.82, 2.24) is 4.90 Å². The van der Waals surface area contributed by atoms with Crippen LogP contribution >= 0.6 is 24.0 Å². The van der Waals surface area contributed by atoms with E-state index in [2.05, 4.69) is 5.32 Å². The van der Waals surface area contributed by atoms with Crippen LogP contribution in [0.15, 0.2) is 58.1 Å². The van der Waals surface area contributed by atoms with E-state index < -0.39 is 0 Å². The second-order valence-corrected chi connectivity index (χ2v) is 7.04. The summed E-state index contributed by atoms with van der Waals surface area (Å²) in [5.41, 5.74) is 0.763. The molecule has 0 saturated carbocycles. The zero-order valence-electron chi connectivity index (χ0n) is 13.3. The summed E-state index contributed by atoms with van der Waals surface area (Å²) < 4.78 is 5.73. The lowest BCUT2D eigenvalue weighted by Crippen LogP contribution is -2.29. The van der Waals surface area contributed by atoms with E-state index in [4.69, 9.17) is 16.6 Å². The maximum absolute atomic E-state index is 12.4. The average Bonchev–Trinajstić information content (AvgIpc) is 3.19. The zero-order chi connectivity index (χ0) is 17.6. The summed E-state index contributed by atoms with van der Waals surface area (Å²) in [5.74, 6) is 0.389. The molecule has 7 heteroatoms. The Morgan fingerprint density at radius 1 is 1.24 bits per heavy atom. The molecular weight excluding hydrogens is 356 g/mol. The number of furan rings is 1. The third-order valence-electron chi connectivity index (χ3n) is 3.53. The van der Waals surface area contributed by atoms with Gasteiger partial charge in [-0.05, 0) is 30.7 Å². The molecule has 2 aromatic rings. The van der Waals surface area contributed by atoms with Crippen molar-refractivity contribution in [1.29, 1.82) is 0 Å². The maximum Gasteiger partial charge on any atom is 0.266 e. The van der Waals surface area contributed by atoms with Gasteiger partial charge in [-0.15, -0.1) is 0 Å². The van der Waals surface area contributed by atoms with E-state index in [0.29, 0.717) is 34.4 Å². The molecule has 2 amide bonds. The molecule has 0 spiro atoms. The molecule has 1 aromatic carbocycles. The molecule has 128 valence electrons. The molecule has 25 heavy (non-hydrogen) atoms. The van der Waals surface area contributed by atoms with Crippen LogP contribution in [0.2, 0.25) is 0 Å². The van der Waals surface area contributed by atoms with Crippen LogP contribution in [0.25, 0.3) is 6.08 Å². The van der Waals surface area contributed by atoms with E-state index in [-0.39, 0.29) is 11.8 Å². The van der Waals surface area contributed by atoms with Crippen molar-refractivity contribution in [2.45, 2.75) is 12.8 Å². The Morgan fingerprint density at radius 3 is 2.76 bits per heavy atom. The van der Waals surface area contributed by atoms with Gasteiger partial charge in [0.15, 0.2) is 0 Å². The highest BCUT2D eigenvalue weighted by molar-refractivity contribution is 8.26. The van der Waals surface area contributed by atoms with E-state index in [9.17, 15) is 9.59 Å². The van der Waals surface area contributed by atoms with Crippen molar-refractivity contribution in [2.24, 2.45) is 0 Å². The van der Waals surface area contributed by atoms with E-state index in [1.54, 1.807) is 24.5 Å². The average molecular weight is 372 g/mol. The number of amides is 2. The molecular formula is C18H16N2O3S2. The summed E-state index contributed by atoms with van der Waals surface area (Å²) in [7, 11) is 0. The van der Waals surface area contributed by atoms with Gasteiger partial charge in [0.1, 0.15) is 10.1 Å². The van der Waals surface area contributed by atoms with Crippen LogP contribution in [0.4, 0.5) is 5.69 Å². The van der Waals surface area contributed by atoms with Gasteiger partial charge in [0, 0.05) is 24.7 Å². The highest BCUT2D eigenvalue weighted by atomic mass is 32.2. The third-order valence-corrected chi connectivity index (χ3v) is 4.91. The highest BCUT2D eigenvalue weighted by Crippen LogP contribution is 2.32. The lowest BCUT2D eigenvalue weighted by atomic mass is 10.2. The maximum atomic E-state index is 12.4. The Balaban J connectivity index is 1.50. The van der Waals surface area contributed by atoms with Crippen LogP contribution < -0.4 is 5.32 Å². The van der Waals surface area contributed by atoms with Crippen LogP contribution in [0.1, 0.15) is 18.6 Å².